The molecule has 28 heavy (non-hydrogen) atoms. The molecule has 1 aromatic carbocycles. The number of sulfone groups is 1. The lowest BCUT2D eigenvalue weighted by atomic mass is 9.97. The van der Waals surface area contributed by atoms with E-state index < -0.39 is 15.9 Å². The van der Waals surface area contributed by atoms with E-state index in [-0.39, 0.29) is 23.5 Å². The van der Waals surface area contributed by atoms with Gasteiger partial charge in [0.2, 0.25) is 0 Å². The van der Waals surface area contributed by atoms with Crippen LogP contribution in [0.5, 0.6) is 0 Å². The molecule has 2 aliphatic rings. The molecule has 1 heterocycles. The van der Waals surface area contributed by atoms with Gasteiger partial charge in [-0.15, -0.1) is 0 Å². The van der Waals surface area contributed by atoms with Gasteiger partial charge < -0.3 is 16.0 Å². The summed E-state index contributed by atoms with van der Waals surface area (Å²) in [6, 6.07) is 5.83. The molecule has 3 amide bonds. The maximum atomic E-state index is 12.2. The Morgan fingerprint density at radius 1 is 1.11 bits per heavy atom. The Morgan fingerprint density at radius 3 is 2.54 bits per heavy atom. The van der Waals surface area contributed by atoms with Crippen molar-refractivity contribution in [2.75, 3.05) is 23.4 Å². The molecule has 1 saturated heterocycles. The van der Waals surface area contributed by atoms with E-state index in [1.807, 2.05) is 0 Å². The van der Waals surface area contributed by atoms with Gasteiger partial charge in [-0.1, -0.05) is 11.6 Å². The summed E-state index contributed by atoms with van der Waals surface area (Å²) >= 11 is 0. The number of hydrogen-bond donors (Lipinski definition) is 3. The van der Waals surface area contributed by atoms with E-state index in [4.69, 9.17) is 0 Å². The lowest BCUT2D eigenvalue weighted by molar-refractivity contribution is 0.0954. The van der Waals surface area contributed by atoms with Crippen LogP contribution in [0.1, 0.15) is 48.9 Å². The van der Waals surface area contributed by atoms with Crippen molar-refractivity contribution in [3.63, 3.8) is 0 Å². The number of anilines is 1. The Labute approximate surface area is 165 Å². The van der Waals surface area contributed by atoms with Gasteiger partial charge in [0.25, 0.3) is 5.91 Å². The van der Waals surface area contributed by atoms with Gasteiger partial charge in [0.05, 0.1) is 11.5 Å². The van der Waals surface area contributed by atoms with Crippen molar-refractivity contribution < 1.29 is 18.0 Å². The zero-order chi connectivity index (χ0) is 20.0. The molecule has 3 N–H and O–H groups in total. The van der Waals surface area contributed by atoms with Crippen molar-refractivity contribution >= 4 is 27.5 Å². The molecule has 7 nitrogen and oxygen atoms in total. The highest BCUT2D eigenvalue weighted by molar-refractivity contribution is 7.91. The first-order valence-corrected chi connectivity index (χ1v) is 11.6. The number of benzene rings is 1. The van der Waals surface area contributed by atoms with Gasteiger partial charge in [-0.25, -0.2) is 13.2 Å². The number of allylic oxidation sites excluding steroid dienone is 1. The van der Waals surface area contributed by atoms with Gasteiger partial charge in [0, 0.05) is 23.8 Å². The molecule has 0 bridgehead atoms. The van der Waals surface area contributed by atoms with Gasteiger partial charge >= 0.3 is 6.03 Å². The first-order valence-electron chi connectivity index (χ1n) is 9.75. The summed E-state index contributed by atoms with van der Waals surface area (Å²) in [5.74, 6) is -0.0429. The van der Waals surface area contributed by atoms with Crippen LogP contribution in [-0.4, -0.2) is 44.4 Å². The first kappa shape index (κ1) is 20.4. The zero-order valence-electron chi connectivity index (χ0n) is 15.9. The van der Waals surface area contributed by atoms with Crippen molar-refractivity contribution in [3.05, 3.63) is 41.5 Å². The van der Waals surface area contributed by atoms with E-state index >= 15 is 0 Å². The van der Waals surface area contributed by atoms with E-state index in [0.717, 1.165) is 19.3 Å². The van der Waals surface area contributed by atoms with Crippen LogP contribution >= 0.6 is 0 Å². The largest absolute Gasteiger partial charge is 0.352 e. The van der Waals surface area contributed by atoms with Crippen molar-refractivity contribution in [3.8, 4) is 0 Å². The summed E-state index contributed by atoms with van der Waals surface area (Å²) in [6.45, 7) is 0.622. The maximum Gasteiger partial charge on any atom is 0.319 e. The van der Waals surface area contributed by atoms with E-state index in [1.165, 1.54) is 18.4 Å². The minimum absolute atomic E-state index is 0.0174. The Bertz CT molecular complexity index is 847. The standard InChI is InChI=1S/C20H27N3O4S/c24-19(21-12-10-15-4-2-1-3-5-15)16-6-8-17(9-7-16)22-20(25)23-18-11-13-28(26,27)14-18/h4,6-9,18H,1-3,5,10-14H2,(H,21,24)(H2,22,23,25). The molecule has 0 radical (unpaired) electrons. The highest BCUT2D eigenvalue weighted by atomic mass is 32.2. The summed E-state index contributed by atoms with van der Waals surface area (Å²) in [5.41, 5.74) is 2.50. The van der Waals surface area contributed by atoms with Crippen molar-refractivity contribution in [2.45, 2.75) is 44.6 Å². The van der Waals surface area contributed by atoms with Gasteiger partial charge in [-0.05, 0) is 62.8 Å². The molecule has 1 atom stereocenters. The van der Waals surface area contributed by atoms with Gasteiger partial charge in [0.1, 0.15) is 0 Å². The van der Waals surface area contributed by atoms with Crippen LogP contribution in [0.4, 0.5) is 10.5 Å². The van der Waals surface area contributed by atoms with Crippen LogP contribution in [-0.2, 0) is 9.84 Å². The lowest BCUT2D eigenvalue weighted by Crippen LogP contribution is -2.38. The predicted molar refractivity (Wildman–Crippen MR) is 109 cm³/mol. The van der Waals surface area contributed by atoms with Crippen molar-refractivity contribution in [2.24, 2.45) is 0 Å². The van der Waals surface area contributed by atoms with Gasteiger partial charge in [-0.3, -0.25) is 4.79 Å². The Hall–Kier alpha value is -2.35. The molecule has 1 aliphatic carbocycles. The maximum absolute atomic E-state index is 12.2. The number of rotatable bonds is 6. The SMILES string of the molecule is O=C(Nc1ccc(C(=O)NCCC2=CCCCC2)cc1)NC1CCS(=O)(=O)C1. The van der Waals surface area contributed by atoms with Gasteiger partial charge in [-0.2, -0.15) is 0 Å². The minimum atomic E-state index is -3.03. The molecule has 8 heteroatoms. The van der Waals surface area contributed by atoms with Crippen LogP contribution in [0, 0.1) is 0 Å². The molecule has 1 unspecified atom stereocenters. The summed E-state index contributed by atoms with van der Waals surface area (Å²) in [4.78, 5) is 24.2. The zero-order valence-corrected chi connectivity index (χ0v) is 16.7. The molecule has 152 valence electrons. The lowest BCUT2D eigenvalue weighted by Gasteiger charge is -2.13. The highest BCUT2D eigenvalue weighted by Gasteiger charge is 2.28. The smallest absolute Gasteiger partial charge is 0.319 e. The second kappa shape index (κ2) is 9.23. The highest BCUT2D eigenvalue weighted by Crippen LogP contribution is 2.19. The molecular weight excluding hydrogens is 378 g/mol. The molecule has 1 aromatic rings. The molecule has 1 fully saturated rings. The van der Waals surface area contributed by atoms with E-state index in [1.54, 1.807) is 24.3 Å². The fourth-order valence-electron chi connectivity index (χ4n) is 3.54. The van der Waals surface area contributed by atoms with Crippen molar-refractivity contribution in [1.82, 2.24) is 10.6 Å². The summed E-state index contributed by atoms with van der Waals surface area (Å²) in [6.07, 6.45) is 8.37. The summed E-state index contributed by atoms with van der Waals surface area (Å²) in [7, 11) is -3.03. The number of amides is 3. The second-order valence-corrected chi connectivity index (χ2v) is 9.62. The van der Waals surface area contributed by atoms with Crippen LogP contribution in [0.2, 0.25) is 0 Å². The predicted octanol–water partition coefficient (Wildman–Crippen LogP) is 2.62. The number of carbonyl (C=O) groups excluding carboxylic acids is 2. The Morgan fingerprint density at radius 2 is 1.89 bits per heavy atom. The summed E-state index contributed by atoms with van der Waals surface area (Å²) in [5, 5.41) is 8.26. The molecule has 0 saturated carbocycles. The number of urea groups is 1. The van der Waals surface area contributed by atoms with E-state index in [0.29, 0.717) is 24.2 Å². The number of carbonyl (C=O) groups is 2. The normalized spacial score (nSPS) is 20.9. The average molecular weight is 406 g/mol. The van der Waals surface area contributed by atoms with Crippen LogP contribution in [0.3, 0.4) is 0 Å². The van der Waals surface area contributed by atoms with Crippen LogP contribution < -0.4 is 16.0 Å². The fraction of sp³-hybridized carbons (Fsp3) is 0.500. The fourth-order valence-corrected chi connectivity index (χ4v) is 5.21. The molecule has 1 aliphatic heterocycles. The van der Waals surface area contributed by atoms with Gasteiger partial charge in [0.15, 0.2) is 9.84 Å². The molecule has 0 aromatic heterocycles. The van der Waals surface area contributed by atoms with Crippen LogP contribution in [0.25, 0.3) is 0 Å². The third kappa shape index (κ3) is 6.09. The molecule has 3 rings (SSSR count). The van der Waals surface area contributed by atoms with Crippen molar-refractivity contribution in [1.29, 1.82) is 0 Å². The minimum Gasteiger partial charge on any atom is -0.352 e. The third-order valence-corrected chi connectivity index (χ3v) is 6.86. The molecule has 0 spiro atoms. The topological polar surface area (TPSA) is 104 Å². The monoisotopic (exact) mass is 405 g/mol. The van der Waals surface area contributed by atoms with Crippen LogP contribution in [0.15, 0.2) is 35.9 Å². The quantitative estimate of drug-likeness (QED) is 0.633. The number of hydrogen-bond acceptors (Lipinski definition) is 4. The van der Waals surface area contributed by atoms with E-state index in [9.17, 15) is 18.0 Å². The second-order valence-electron chi connectivity index (χ2n) is 7.39. The number of nitrogens with one attached hydrogen (secondary N) is 3. The summed E-state index contributed by atoms with van der Waals surface area (Å²) < 4.78 is 22.9. The Kier molecular flexibility index (Phi) is 6.72. The first-order chi connectivity index (χ1) is 13.4. The van der Waals surface area contributed by atoms with E-state index in [2.05, 4.69) is 22.0 Å². The average Bonchev–Trinajstić information content (AvgIpc) is 3.01. The Balaban J connectivity index is 1.43. The molecular formula is C20H27N3O4S. The third-order valence-electron chi connectivity index (χ3n) is 5.09.